The number of methoxy groups -OCH3 is 2. The third kappa shape index (κ3) is 5.20. The molecular weight excluding hydrogens is 342 g/mol. The molecule has 0 unspecified atom stereocenters. The molecule has 0 heterocycles. The minimum atomic E-state index is -0.515. The van der Waals surface area contributed by atoms with Crippen LogP contribution in [0.15, 0.2) is 47.6 Å². The summed E-state index contributed by atoms with van der Waals surface area (Å²) in [6.07, 6.45) is 1.43. The minimum Gasteiger partial charge on any atom is -0.497 e. The zero-order valence-corrected chi connectivity index (χ0v) is 14.2. The van der Waals surface area contributed by atoms with Gasteiger partial charge >= 0.3 is 0 Å². The normalized spacial score (nSPS) is 10.4. The fraction of sp³-hybridized carbons (Fsp3) is 0.176. The van der Waals surface area contributed by atoms with Crippen LogP contribution in [0, 0.1) is 10.1 Å². The molecular formula is C17H17N3O6. The summed E-state index contributed by atoms with van der Waals surface area (Å²) in [6, 6.07) is 10.6. The lowest BCUT2D eigenvalue weighted by Gasteiger charge is -2.07. The Kier molecular flexibility index (Phi) is 6.49. The molecule has 9 heteroatoms. The standard InChI is InChI=1S/C17H17N3O6/c1-24-15-6-3-12(16(9-15)25-2)10-18-19-17(21)11-26-14-7-4-13(5-8-14)20(22)23/h3-10H,11H2,1-2H3,(H,19,21)/b18-10+. The highest BCUT2D eigenvalue weighted by Crippen LogP contribution is 2.23. The van der Waals surface area contributed by atoms with Gasteiger partial charge in [0.2, 0.25) is 0 Å². The van der Waals surface area contributed by atoms with Gasteiger partial charge in [0, 0.05) is 23.8 Å². The van der Waals surface area contributed by atoms with Gasteiger partial charge in [-0.25, -0.2) is 5.43 Å². The summed E-state index contributed by atoms with van der Waals surface area (Å²) in [5.74, 6) is 1.04. The number of rotatable bonds is 8. The lowest BCUT2D eigenvalue weighted by Crippen LogP contribution is -2.24. The molecule has 0 radical (unpaired) electrons. The molecule has 2 aromatic rings. The van der Waals surface area contributed by atoms with Crippen LogP contribution in [0.3, 0.4) is 0 Å². The average Bonchev–Trinajstić information content (AvgIpc) is 2.66. The first-order valence-corrected chi connectivity index (χ1v) is 7.44. The van der Waals surface area contributed by atoms with Crippen molar-refractivity contribution < 1.29 is 23.9 Å². The first-order chi connectivity index (χ1) is 12.5. The number of non-ortho nitro benzene ring substituents is 1. The van der Waals surface area contributed by atoms with Crippen molar-refractivity contribution in [3.05, 3.63) is 58.1 Å². The Balaban J connectivity index is 1.86. The van der Waals surface area contributed by atoms with E-state index in [4.69, 9.17) is 14.2 Å². The number of amides is 1. The van der Waals surface area contributed by atoms with Crippen LogP contribution >= 0.6 is 0 Å². The molecule has 0 fully saturated rings. The predicted octanol–water partition coefficient (Wildman–Crippen LogP) is 2.14. The third-order valence-corrected chi connectivity index (χ3v) is 3.25. The zero-order chi connectivity index (χ0) is 18.9. The number of nitrogens with one attached hydrogen (secondary N) is 1. The molecule has 136 valence electrons. The van der Waals surface area contributed by atoms with Gasteiger partial charge in [-0.15, -0.1) is 0 Å². The molecule has 2 rings (SSSR count). The number of benzene rings is 2. The molecule has 0 aliphatic rings. The van der Waals surface area contributed by atoms with E-state index >= 15 is 0 Å². The quantitative estimate of drug-likeness (QED) is 0.439. The molecule has 2 aromatic carbocycles. The lowest BCUT2D eigenvalue weighted by atomic mass is 10.2. The minimum absolute atomic E-state index is 0.0557. The molecule has 9 nitrogen and oxygen atoms in total. The number of hydrazone groups is 1. The molecule has 0 saturated heterocycles. The van der Waals surface area contributed by atoms with E-state index in [0.29, 0.717) is 22.8 Å². The third-order valence-electron chi connectivity index (χ3n) is 3.25. The van der Waals surface area contributed by atoms with Crippen LogP contribution < -0.4 is 19.6 Å². The average molecular weight is 359 g/mol. The topological polar surface area (TPSA) is 112 Å². The van der Waals surface area contributed by atoms with E-state index in [2.05, 4.69) is 10.5 Å². The van der Waals surface area contributed by atoms with Crippen LogP contribution in [-0.2, 0) is 4.79 Å². The second-order valence-corrected chi connectivity index (χ2v) is 4.94. The first-order valence-electron chi connectivity index (χ1n) is 7.44. The SMILES string of the molecule is COc1ccc(/C=N/NC(=O)COc2ccc([N+](=O)[O-])cc2)c(OC)c1. The van der Waals surface area contributed by atoms with Crippen molar-refractivity contribution in [3.63, 3.8) is 0 Å². The molecule has 0 atom stereocenters. The Bertz CT molecular complexity index is 805. The fourth-order valence-electron chi connectivity index (χ4n) is 1.94. The number of nitrogens with zero attached hydrogens (tertiary/aromatic N) is 2. The molecule has 0 spiro atoms. The first kappa shape index (κ1) is 18.7. The van der Waals surface area contributed by atoms with Gasteiger partial charge in [-0.2, -0.15) is 5.10 Å². The molecule has 1 N–H and O–H groups in total. The van der Waals surface area contributed by atoms with Crippen molar-refractivity contribution in [1.82, 2.24) is 5.43 Å². The van der Waals surface area contributed by atoms with Crippen molar-refractivity contribution >= 4 is 17.8 Å². The van der Waals surface area contributed by atoms with Gasteiger partial charge in [0.1, 0.15) is 17.2 Å². The highest BCUT2D eigenvalue weighted by atomic mass is 16.6. The van der Waals surface area contributed by atoms with Gasteiger partial charge in [0.25, 0.3) is 11.6 Å². The number of nitro benzene ring substituents is 1. The molecule has 0 saturated carbocycles. The second-order valence-electron chi connectivity index (χ2n) is 4.94. The highest BCUT2D eigenvalue weighted by Gasteiger charge is 2.06. The van der Waals surface area contributed by atoms with E-state index in [-0.39, 0.29) is 12.3 Å². The van der Waals surface area contributed by atoms with E-state index in [9.17, 15) is 14.9 Å². The van der Waals surface area contributed by atoms with Crippen LogP contribution in [0.4, 0.5) is 5.69 Å². The second kappa shape index (κ2) is 9.02. The van der Waals surface area contributed by atoms with Crippen molar-refractivity contribution in [3.8, 4) is 17.2 Å². The van der Waals surface area contributed by atoms with Crippen molar-refractivity contribution in [2.75, 3.05) is 20.8 Å². The largest absolute Gasteiger partial charge is 0.497 e. The van der Waals surface area contributed by atoms with Crippen LogP contribution in [0.25, 0.3) is 0 Å². The van der Waals surface area contributed by atoms with Crippen LogP contribution in [0.5, 0.6) is 17.2 Å². The Morgan fingerprint density at radius 2 is 1.85 bits per heavy atom. The van der Waals surface area contributed by atoms with E-state index in [1.807, 2.05) is 0 Å². The zero-order valence-electron chi connectivity index (χ0n) is 14.2. The summed E-state index contributed by atoms with van der Waals surface area (Å²) < 4.78 is 15.6. The molecule has 0 aliphatic heterocycles. The highest BCUT2D eigenvalue weighted by molar-refractivity contribution is 5.85. The van der Waals surface area contributed by atoms with Crippen molar-refractivity contribution in [2.45, 2.75) is 0 Å². The summed E-state index contributed by atoms with van der Waals surface area (Å²) in [4.78, 5) is 21.8. The summed E-state index contributed by atoms with van der Waals surface area (Å²) in [5.41, 5.74) is 2.92. The number of carbonyl (C=O) groups excluding carboxylic acids is 1. The molecule has 0 aliphatic carbocycles. The number of nitro groups is 1. The Labute approximate surface area is 149 Å². The number of ether oxygens (including phenoxy) is 3. The molecule has 1 amide bonds. The van der Waals surface area contributed by atoms with E-state index < -0.39 is 10.8 Å². The van der Waals surface area contributed by atoms with Crippen LogP contribution in [0.2, 0.25) is 0 Å². The summed E-state index contributed by atoms with van der Waals surface area (Å²) in [6.45, 7) is -0.283. The lowest BCUT2D eigenvalue weighted by molar-refractivity contribution is -0.384. The summed E-state index contributed by atoms with van der Waals surface area (Å²) in [7, 11) is 3.07. The molecule has 0 aromatic heterocycles. The van der Waals surface area contributed by atoms with E-state index in [1.54, 1.807) is 25.3 Å². The Morgan fingerprint density at radius 1 is 1.15 bits per heavy atom. The van der Waals surface area contributed by atoms with Gasteiger partial charge in [-0.05, 0) is 24.3 Å². The molecule has 0 bridgehead atoms. The number of hydrogen-bond acceptors (Lipinski definition) is 7. The number of carbonyl (C=O) groups is 1. The maximum absolute atomic E-state index is 11.7. The fourth-order valence-corrected chi connectivity index (χ4v) is 1.94. The van der Waals surface area contributed by atoms with Gasteiger partial charge in [-0.3, -0.25) is 14.9 Å². The maximum Gasteiger partial charge on any atom is 0.277 e. The van der Waals surface area contributed by atoms with Gasteiger partial charge < -0.3 is 14.2 Å². The monoisotopic (exact) mass is 359 g/mol. The molecule has 26 heavy (non-hydrogen) atoms. The van der Waals surface area contributed by atoms with Gasteiger partial charge in [0.15, 0.2) is 6.61 Å². The Morgan fingerprint density at radius 3 is 2.46 bits per heavy atom. The van der Waals surface area contributed by atoms with Crippen molar-refractivity contribution in [2.24, 2.45) is 5.10 Å². The van der Waals surface area contributed by atoms with Gasteiger partial charge in [-0.1, -0.05) is 0 Å². The van der Waals surface area contributed by atoms with Gasteiger partial charge in [0.05, 0.1) is 25.4 Å². The maximum atomic E-state index is 11.7. The van der Waals surface area contributed by atoms with E-state index in [1.165, 1.54) is 37.6 Å². The van der Waals surface area contributed by atoms with E-state index in [0.717, 1.165) is 0 Å². The van der Waals surface area contributed by atoms with Crippen molar-refractivity contribution in [1.29, 1.82) is 0 Å². The number of hydrogen-bond donors (Lipinski definition) is 1. The summed E-state index contributed by atoms with van der Waals surface area (Å²) in [5, 5.41) is 14.4. The van der Waals surface area contributed by atoms with Crippen LogP contribution in [-0.4, -0.2) is 37.9 Å². The smallest absolute Gasteiger partial charge is 0.277 e. The van der Waals surface area contributed by atoms with Crippen LogP contribution in [0.1, 0.15) is 5.56 Å². The predicted molar refractivity (Wildman–Crippen MR) is 93.9 cm³/mol. The Hall–Kier alpha value is -3.62. The summed E-state index contributed by atoms with van der Waals surface area (Å²) >= 11 is 0.